The highest BCUT2D eigenvalue weighted by atomic mass is 19.2. The molecule has 0 unspecified atom stereocenters. The summed E-state index contributed by atoms with van der Waals surface area (Å²) in [4.78, 5) is 20.4. The predicted octanol–water partition coefficient (Wildman–Crippen LogP) is 31.8. The number of fused-ring (bicyclic) bond motifs is 6. The summed E-state index contributed by atoms with van der Waals surface area (Å²) < 4.78 is 43.1. The number of benzene rings is 21. The maximum absolute atomic E-state index is 15.0. The number of anilines is 9. The van der Waals surface area contributed by atoms with Crippen LogP contribution in [0.3, 0.4) is 0 Å². The third-order valence-electron chi connectivity index (χ3n) is 24.4. The molecule has 0 aliphatic heterocycles. The van der Waals surface area contributed by atoms with Crippen LogP contribution in [0.4, 0.5) is 64.4 Å². The molecule has 21 aromatic carbocycles. The number of hydrogen-bond donors (Lipinski definition) is 0. The molecule has 3 aromatic heterocycles. The van der Waals surface area contributed by atoms with Crippen molar-refractivity contribution in [3.8, 4) is 33.4 Å². The topological polar surface area (TPSA) is 48.4 Å². The van der Waals surface area contributed by atoms with Crippen molar-refractivity contribution in [1.29, 1.82) is 0 Å². The van der Waals surface area contributed by atoms with Crippen molar-refractivity contribution in [3.63, 3.8) is 0 Å². The van der Waals surface area contributed by atoms with Crippen molar-refractivity contribution in [2.24, 2.45) is 0 Å². The zero-order valence-electron chi connectivity index (χ0n) is 66.5. The predicted molar refractivity (Wildman–Crippen MR) is 506 cm³/mol. The Labute approximate surface area is 701 Å². The molecule has 0 radical (unpaired) electrons. The second-order valence-corrected chi connectivity index (χ2v) is 31.4. The average molecular weight is 1570 g/mol. The minimum atomic E-state index is -1.50. The van der Waals surface area contributed by atoms with E-state index in [9.17, 15) is 8.78 Å². The van der Waals surface area contributed by atoms with Crippen LogP contribution in [0.15, 0.2) is 407 Å². The average Bonchev–Trinajstić information content (AvgIpc) is 0.729. The lowest BCUT2D eigenvalue weighted by molar-refractivity contribution is 0.448. The fourth-order valence-corrected chi connectivity index (χ4v) is 18.7. The van der Waals surface area contributed by atoms with Crippen molar-refractivity contribution < 1.29 is 13.2 Å². The highest BCUT2D eigenvalue weighted by Crippen LogP contribution is 2.49. The SMILES string of the molecule is Cc1ccccc1N(c1ccc(-c2ccc3ccc4cc5cccnc5c5ccc2c3c45)cc1)c1ccccc1C.Fc1ccc(N(c2ccccc2)c2ccc(-c3ccc4ccc5cc6cccnc6c6ccc3c4c56)cc2)c(F)c1F.c1ccc(N(c2ccccc2)c2ccc(-c3ccc4ccc5cc6cccnc6c6ccc3c4c56)cc2)cc1. The first-order valence-corrected chi connectivity index (χ1v) is 41.1. The Morgan fingerprint density at radius 1 is 0.205 bits per heavy atom. The Kier molecular flexibility index (Phi) is 17.8. The van der Waals surface area contributed by atoms with Crippen LogP contribution in [0.1, 0.15) is 11.1 Å². The molecule has 9 heteroatoms. The van der Waals surface area contributed by atoms with Gasteiger partial charge in [-0.25, -0.2) is 13.2 Å². The first kappa shape index (κ1) is 72.6. The monoisotopic (exact) mass is 1570 g/mol. The summed E-state index contributed by atoms with van der Waals surface area (Å²) in [5.74, 6) is -3.96. The van der Waals surface area contributed by atoms with Crippen molar-refractivity contribution in [2.75, 3.05) is 14.7 Å². The van der Waals surface area contributed by atoms with Gasteiger partial charge in [0.25, 0.3) is 0 Å². The molecule has 0 N–H and O–H groups in total. The van der Waals surface area contributed by atoms with E-state index in [1.807, 2.05) is 79.3 Å². The van der Waals surface area contributed by atoms with Gasteiger partial charge in [0.15, 0.2) is 17.5 Å². The Morgan fingerprint density at radius 2 is 0.500 bits per heavy atom. The van der Waals surface area contributed by atoms with Gasteiger partial charge in [-0.15, -0.1) is 0 Å². The molecule has 24 rings (SSSR count). The van der Waals surface area contributed by atoms with Gasteiger partial charge in [-0.1, -0.05) is 255 Å². The molecule has 576 valence electrons. The fourth-order valence-electron chi connectivity index (χ4n) is 18.7. The summed E-state index contributed by atoms with van der Waals surface area (Å²) in [6.45, 7) is 4.36. The summed E-state index contributed by atoms with van der Waals surface area (Å²) in [7, 11) is 0. The van der Waals surface area contributed by atoms with Gasteiger partial charge in [-0.2, -0.15) is 0 Å². The van der Waals surface area contributed by atoms with Crippen LogP contribution >= 0.6 is 0 Å². The fraction of sp³-hybridized carbons (Fsp3) is 0.0177. The number of para-hydroxylation sites is 5. The Bertz CT molecular complexity index is 8050. The molecule has 0 fully saturated rings. The maximum Gasteiger partial charge on any atom is 0.196 e. The van der Waals surface area contributed by atoms with Crippen LogP contribution in [0.25, 0.3) is 163 Å². The number of halogens is 3. The van der Waals surface area contributed by atoms with E-state index in [1.54, 1.807) is 17.0 Å². The summed E-state index contributed by atoms with van der Waals surface area (Å²) >= 11 is 0. The summed E-state index contributed by atoms with van der Waals surface area (Å²) in [5, 5.41) is 25.7. The summed E-state index contributed by atoms with van der Waals surface area (Å²) in [5.41, 5.74) is 20.7. The second kappa shape index (κ2) is 30.0. The van der Waals surface area contributed by atoms with Crippen molar-refractivity contribution >= 4 is 181 Å². The van der Waals surface area contributed by atoms with E-state index in [0.29, 0.717) is 11.4 Å². The number of pyridine rings is 3. The quantitative estimate of drug-likeness (QED) is 0.0690. The Morgan fingerprint density at radius 3 is 0.869 bits per heavy atom. The van der Waals surface area contributed by atoms with Gasteiger partial charge < -0.3 is 14.7 Å². The molecule has 0 saturated carbocycles. The molecule has 0 atom stereocenters. The summed E-state index contributed by atoms with van der Waals surface area (Å²) in [6.07, 6.45) is 5.61. The van der Waals surface area contributed by atoms with Gasteiger partial charge in [-0.05, 0) is 273 Å². The summed E-state index contributed by atoms with van der Waals surface area (Å²) in [6, 6.07) is 134. The van der Waals surface area contributed by atoms with Gasteiger partial charge in [0.05, 0.1) is 22.2 Å². The molecule has 24 aromatic rings. The standard InChI is InChI=1S/C39H28N2.C37H21F3N2.C37H24N2/c1-25-8-3-5-11-35(25)41(36-12-6-4-9-26(36)2)31-18-15-27(16-19-31)32-20-17-28-13-14-29-24-30-10-7-23-40-39(30)34-22-21-33(32)37(28)38(29)34;38-31-18-19-32(36(40)35(31)39)42(26-6-2-1-3-7-26)27-13-10-22(11-14-27)28-15-12-23-8-9-24-21-25-5-4-20-41-37(25)30-17-16-29(28)33(23)34(24)30;1-3-9-29(10-4-1)39(30-11-5-2-6-12-30)31-18-15-25(16-19-31)32-20-17-26-13-14-27-24-28-8-7-23-38-37(28)34-22-21-33(32)35(26)36(27)34/h3-24H,1-2H3;1-21H;1-24H. The van der Waals surface area contributed by atoms with Crippen LogP contribution in [0.2, 0.25) is 0 Å². The lowest BCUT2D eigenvalue weighted by Gasteiger charge is -2.28. The molecule has 0 aliphatic carbocycles. The third-order valence-corrected chi connectivity index (χ3v) is 24.4. The van der Waals surface area contributed by atoms with Gasteiger partial charge >= 0.3 is 0 Å². The highest BCUT2D eigenvalue weighted by Gasteiger charge is 2.25. The Hall–Kier alpha value is -15.8. The first-order valence-electron chi connectivity index (χ1n) is 41.1. The minimum Gasteiger partial charge on any atom is -0.311 e. The van der Waals surface area contributed by atoms with E-state index < -0.39 is 17.5 Å². The number of nitrogens with zero attached hydrogens (tertiary/aromatic N) is 6. The van der Waals surface area contributed by atoms with Gasteiger partial charge in [0.1, 0.15) is 0 Å². The molecular formula is C113H73F3N6. The van der Waals surface area contributed by atoms with Gasteiger partial charge in [-0.3, -0.25) is 15.0 Å². The van der Waals surface area contributed by atoms with Crippen LogP contribution in [0.5, 0.6) is 0 Å². The van der Waals surface area contributed by atoms with E-state index >= 15 is 4.39 Å². The number of aromatic nitrogens is 3. The minimum absolute atomic E-state index is 0.0728. The molecular weight excluding hydrogens is 1500 g/mol. The zero-order valence-corrected chi connectivity index (χ0v) is 66.5. The van der Waals surface area contributed by atoms with E-state index in [-0.39, 0.29) is 5.69 Å². The van der Waals surface area contributed by atoms with Gasteiger partial charge in [0, 0.05) is 96.4 Å². The van der Waals surface area contributed by atoms with Crippen molar-refractivity contribution in [2.45, 2.75) is 13.8 Å². The lowest BCUT2D eigenvalue weighted by atomic mass is 9.89. The first-order chi connectivity index (χ1) is 60.1. The van der Waals surface area contributed by atoms with Crippen molar-refractivity contribution in [1.82, 2.24) is 15.0 Å². The normalized spacial score (nSPS) is 11.6. The van der Waals surface area contributed by atoms with Crippen LogP contribution in [-0.2, 0) is 0 Å². The molecule has 122 heavy (non-hydrogen) atoms. The lowest BCUT2D eigenvalue weighted by Crippen LogP contribution is -2.13. The third kappa shape index (κ3) is 12.4. The molecule has 0 saturated heterocycles. The molecule has 6 nitrogen and oxygen atoms in total. The van der Waals surface area contributed by atoms with Crippen molar-refractivity contribution in [3.05, 3.63) is 435 Å². The molecule has 3 heterocycles. The molecule has 0 bridgehead atoms. The molecule has 0 spiro atoms. The molecule has 0 amide bonds. The smallest absolute Gasteiger partial charge is 0.196 e. The van der Waals surface area contributed by atoms with E-state index in [0.717, 1.165) is 78.0 Å². The van der Waals surface area contributed by atoms with E-state index in [4.69, 9.17) is 9.97 Å². The number of aryl methyl sites for hydroxylation is 2. The largest absolute Gasteiger partial charge is 0.311 e. The maximum atomic E-state index is 15.0. The molecule has 0 aliphatic rings. The number of rotatable bonds is 12. The zero-order chi connectivity index (χ0) is 81.6. The van der Waals surface area contributed by atoms with Crippen LogP contribution in [0, 0.1) is 31.3 Å². The van der Waals surface area contributed by atoms with Crippen LogP contribution in [-0.4, -0.2) is 15.0 Å². The Balaban J connectivity index is 0.000000109. The van der Waals surface area contributed by atoms with E-state index in [1.165, 1.54) is 142 Å². The van der Waals surface area contributed by atoms with Crippen LogP contribution < -0.4 is 14.7 Å². The van der Waals surface area contributed by atoms with E-state index in [2.05, 4.69) is 332 Å². The van der Waals surface area contributed by atoms with Gasteiger partial charge in [0.2, 0.25) is 0 Å². The highest BCUT2D eigenvalue weighted by molar-refractivity contribution is 6.33. The number of hydrogen-bond acceptors (Lipinski definition) is 6. The second-order valence-electron chi connectivity index (χ2n) is 31.4.